The molecule has 0 aromatic rings. The van der Waals surface area contributed by atoms with E-state index in [-0.39, 0.29) is 7.43 Å². The Bertz CT molecular complexity index is 431. The zero-order valence-corrected chi connectivity index (χ0v) is 12.3. The Hall–Kier alpha value is -2.96. The van der Waals surface area contributed by atoms with E-state index in [1.54, 1.807) is 0 Å². The van der Waals surface area contributed by atoms with E-state index >= 15 is 0 Å². The van der Waals surface area contributed by atoms with Gasteiger partial charge in [-0.25, -0.2) is 0 Å². The average molecular weight is 464 g/mol. The summed E-state index contributed by atoms with van der Waals surface area (Å²) >= 11 is 0. The van der Waals surface area contributed by atoms with Gasteiger partial charge in [0.1, 0.15) is 23.9 Å². The number of carboxylic acid groups (broad SMARTS) is 4. The van der Waals surface area contributed by atoms with Gasteiger partial charge in [0.05, 0.1) is 0 Å². The van der Waals surface area contributed by atoms with Gasteiger partial charge in [0.2, 0.25) is 0 Å². The first kappa shape index (κ1) is 36.9. The van der Waals surface area contributed by atoms with Crippen molar-refractivity contribution >= 4 is 23.9 Å². The monoisotopic (exact) mass is 464 g/mol. The fraction of sp³-hybridized carbons (Fsp3) is 0.444. The maximum absolute atomic E-state index is 10.5. The van der Waals surface area contributed by atoms with E-state index in [1.807, 2.05) is 0 Å². The van der Waals surface area contributed by atoms with Crippen LogP contribution in [0.5, 0.6) is 0 Å². The first-order chi connectivity index (χ1) is 11.8. The largest absolute Gasteiger partial charge is 4.00 e. The molecule has 0 amide bonds. The number of carbonyl (C=O) groups is 4. The molecular weight excluding hydrogens is 464 g/mol. The molecule has 0 radical (unpaired) electrons. The van der Waals surface area contributed by atoms with Crippen molar-refractivity contribution in [2.75, 3.05) is 0 Å². The molecule has 0 heterocycles. The van der Waals surface area contributed by atoms with Gasteiger partial charge in [-0.15, -0.1) is 0 Å². The van der Waals surface area contributed by atoms with E-state index in [0.29, 0.717) is 0 Å². The molecule has 20 heteroatoms. The molecule has 0 saturated heterocycles. The van der Waals surface area contributed by atoms with Crippen LogP contribution >= 0.6 is 0 Å². The number of carbonyl (C=O) groups excluding carboxylic acids is 4. The summed E-state index contributed by atoms with van der Waals surface area (Å²) in [5.41, 5.74) is 0. The molecule has 0 rings (SSSR count). The number of hydrogen-bond acceptors (Lipinski definition) is 8. The Balaban J connectivity index is -0.0000000873. The van der Waals surface area contributed by atoms with Crippen molar-refractivity contribution in [3.63, 3.8) is 0 Å². The van der Waals surface area contributed by atoms with E-state index in [1.165, 1.54) is 0 Å². The summed E-state index contributed by atoms with van der Waals surface area (Å²) in [4.78, 5) is 35.1. The van der Waals surface area contributed by atoms with Crippen LogP contribution in [-0.4, -0.2) is 48.6 Å². The minimum atomic E-state index is -5.19. The molecule has 0 aliphatic rings. The van der Waals surface area contributed by atoms with Crippen LogP contribution in [0.25, 0.3) is 0 Å². The number of carboxylic acids is 4. The van der Waals surface area contributed by atoms with E-state index in [0.717, 1.165) is 0 Å². The summed E-state index contributed by atoms with van der Waals surface area (Å²) in [7, 11) is 0. The first-order valence-electron chi connectivity index (χ1n) is 4.90. The van der Waals surface area contributed by atoms with E-state index in [4.69, 9.17) is 39.6 Å². The van der Waals surface area contributed by atoms with E-state index in [9.17, 15) is 52.7 Å². The molecule has 0 aliphatic carbocycles. The average Bonchev–Trinajstić information content (AvgIpc) is 2.35. The maximum Gasteiger partial charge on any atom is 4.00 e. The topological polar surface area (TPSA) is 161 Å². The van der Waals surface area contributed by atoms with Crippen LogP contribution in [0.4, 0.5) is 52.7 Å². The van der Waals surface area contributed by atoms with E-state index in [2.05, 4.69) is 0 Å². The Labute approximate surface area is 149 Å². The molecule has 29 heavy (non-hydrogen) atoms. The first-order valence-corrected chi connectivity index (χ1v) is 4.90. The molecule has 0 spiro atoms. The van der Waals surface area contributed by atoms with Crippen LogP contribution < -0.4 is 20.4 Å². The number of aliphatic carboxylic acids is 4. The standard InChI is InChI=1S/4C2HF3O2.C/c4*3-2(4,5)1(6)7;/h4*(H,6,7);/q;;;;+4/p-4. The second-order valence-corrected chi connectivity index (χ2v) is 3.14. The Kier molecular flexibility index (Phi) is 16.9. The number of halogens is 12. The fourth-order valence-electron chi connectivity index (χ4n) is 0. The zero-order valence-electron chi connectivity index (χ0n) is 12.3. The van der Waals surface area contributed by atoms with Gasteiger partial charge in [0.25, 0.3) is 0 Å². The van der Waals surface area contributed by atoms with Gasteiger partial charge in [-0.1, -0.05) is 0 Å². The third kappa shape index (κ3) is 30.0. The van der Waals surface area contributed by atoms with Crippen LogP contribution in [-0.2, 0) is 19.2 Å². The molecule has 0 bridgehead atoms. The summed E-state index contributed by atoms with van der Waals surface area (Å²) in [6.45, 7) is 0. The summed E-state index contributed by atoms with van der Waals surface area (Å²) in [6.07, 6.45) is -20.8. The Morgan fingerprint density at radius 1 is 0.379 bits per heavy atom. The zero-order chi connectivity index (χ0) is 24.3. The van der Waals surface area contributed by atoms with Gasteiger partial charge in [-0.05, 0) is 0 Å². The van der Waals surface area contributed by atoms with Crippen molar-refractivity contribution in [2.45, 2.75) is 24.7 Å². The van der Waals surface area contributed by atoms with Gasteiger partial charge < -0.3 is 39.6 Å². The quantitative estimate of drug-likeness (QED) is 0.350. The van der Waals surface area contributed by atoms with Crippen molar-refractivity contribution in [3.8, 4) is 0 Å². The fourth-order valence-corrected chi connectivity index (χ4v) is 0. The normalized spacial score (nSPS) is 10.9. The van der Waals surface area contributed by atoms with Crippen LogP contribution in [0.15, 0.2) is 0 Å². The molecule has 0 aliphatic heterocycles. The van der Waals surface area contributed by atoms with Crippen molar-refractivity contribution in [2.24, 2.45) is 0 Å². The molecule has 8 nitrogen and oxygen atoms in total. The summed E-state index contributed by atoms with van der Waals surface area (Å²) in [5.74, 6) is -12.0. The maximum atomic E-state index is 10.5. The summed E-state index contributed by atoms with van der Waals surface area (Å²) in [5, 5.41) is 35.1. The number of hydrogen-bond donors (Lipinski definition) is 0. The predicted octanol–water partition coefficient (Wildman–Crippen LogP) is -2.72. The van der Waals surface area contributed by atoms with Gasteiger partial charge in [-0.2, -0.15) is 52.7 Å². The molecular formula is C9F12O8. The number of rotatable bonds is 0. The van der Waals surface area contributed by atoms with Gasteiger partial charge >= 0.3 is 32.1 Å². The smallest absolute Gasteiger partial charge is 0.542 e. The molecule has 0 aromatic heterocycles. The van der Waals surface area contributed by atoms with Gasteiger partial charge in [0, 0.05) is 0 Å². The van der Waals surface area contributed by atoms with Crippen LogP contribution in [0.1, 0.15) is 0 Å². The molecule has 0 N–H and O–H groups in total. The number of alkyl halides is 12. The molecule has 0 fully saturated rings. The summed E-state index contributed by atoms with van der Waals surface area (Å²) in [6, 6.07) is 0. The van der Waals surface area contributed by atoms with Crippen molar-refractivity contribution in [1.29, 1.82) is 0 Å². The van der Waals surface area contributed by atoms with Gasteiger partial charge in [-0.3, -0.25) is 0 Å². The molecule has 0 aromatic carbocycles. The third-order valence-electron chi connectivity index (χ3n) is 0.926. The van der Waals surface area contributed by atoms with Gasteiger partial charge in [0.15, 0.2) is 0 Å². The van der Waals surface area contributed by atoms with E-state index < -0.39 is 48.6 Å². The third-order valence-corrected chi connectivity index (χ3v) is 0.926. The van der Waals surface area contributed by atoms with Crippen molar-refractivity contribution < 1.29 is 92.3 Å². The summed E-state index contributed by atoms with van der Waals surface area (Å²) < 4.78 is 126. The molecule has 0 saturated carbocycles. The molecule has 0 unspecified atom stereocenters. The minimum Gasteiger partial charge on any atom is -0.542 e. The van der Waals surface area contributed by atoms with Crippen molar-refractivity contribution in [3.05, 3.63) is 7.43 Å². The Morgan fingerprint density at radius 2 is 0.414 bits per heavy atom. The predicted molar refractivity (Wildman–Crippen MR) is 47.5 cm³/mol. The second-order valence-electron chi connectivity index (χ2n) is 3.14. The van der Waals surface area contributed by atoms with Crippen LogP contribution in [0.2, 0.25) is 0 Å². The molecule has 168 valence electrons. The van der Waals surface area contributed by atoms with Crippen LogP contribution in [0.3, 0.4) is 0 Å². The minimum absolute atomic E-state index is 0. The Morgan fingerprint density at radius 3 is 0.414 bits per heavy atom. The SMILES string of the molecule is O=C([O-])C(F)(F)F.O=C([O-])C(F)(F)F.O=C([O-])C(F)(F)F.O=C([O-])C(F)(F)F.[C+4]. The van der Waals surface area contributed by atoms with Crippen molar-refractivity contribution in [1.82, 2.24) is 0 Å². The van der Waals surface area contributed by atoms with Crippen LogP contribution in [0, 0.1) is 7.43 Å². The molecule has 0 atom stereocenters. The second kappa shape index (κ2) is 13.3.